The second-order valence-corrected chi connectivity index (χ2v) is 8.28. The molecule has 154 valence electrons. The molecule has 2 amide bonds. The summed E-state index contributed by atoms with van der Waals surface area (Å²) >= 11 is 0. The summed E-state index contributed by atoms with van der Waals surface area (Å²) in [5.41, 5.74) is 0.775. The van der Waals surface area contributed by atoms with Crippen LogP contribution in [0.3, 0.4) is 0 Å². The van der Waals surface area contributed by atoms with Gasteiger partial charge in [-0.25, -0.2) is 4.39 Å². The van der Waals surface area contributed by atoms with Gasteiger partial charge < -0.3 is 9.80 Å². The van der Waals surface area contributed by atoms with E-state index in [0.717, 1.165) is 44.3 Å². The van der Waals surface area contributed by atoms with Crippen LogP contribution in [0.1, 0.15) is 50.1 Å². The summed E-state index contributed by atoms with van der Waals surface area (Å²) in [7, 11) is 3.71. The zero-order valence-corrected chi connectivity index (χ0v) is 17.1. The lowest BCUT2D eigenvalue weighted by atomic mass is 9.94. The molecule has 1 aromatic rings. The van der Waals surface area contributed by atoms with Crippen LogP contribution < -0.4 is 0 Å². The van der Waals surface area contributed by atoms with Crippen molar-refractivity contribution in [2.45, 2.75) is 44.6 Å². The lowest BCUT2D eigenvalue weighted by Crippen LogP contribution is -2.49. The van der Waals surface area contributed by atoms with Crippen molar-refractivity contribution in [2.24, 2.45) is 5.92 Å². The van der Waals surface area contributed by atoms with Crippen molar-refractivity contribution in [1.82, 2.24) is 14.7 Å². The van der Waals surface area contributed by atoms with Crippen LogP contribution in [0.5, 0.6) is 0 Å². The molecule has 0 bridgehead atoms. The van der Waals surface area contributed by atoms with E-state index in [1.807, 2.05) is 28.8 Å². The number of hydrogen-bond acceptors (Lipinski definition) is 3. The van der Waals surface area contributed by atoms with Crippen molar-refractivity contribution in [3.63, 3.8) is 0 Å². The number of likely N-dealkylation sites (tertiary alicyclic amines) is 2. The quantitative estimate of drug-likeness (QED) is 0.795. The zero-order valence-electron chi connectivity index (χ0n) is 17.1. The average molecular weight is 390 g/mol. The molecule has 2 fully saturated rings. The smallest absolute Gasteiger partial charge is 0.244 e. The Bertz CT molecular complexity index is 669. The highest BCUT2D eigenvalue weighted by Crippen LogP contribution is 2.26. The monoisotopic (exact) mass is 389 g/mol. The maximum atomic E-state index is 13.3. The predicted molar refractivity (Wildman–Crippen MR) is 107 cm³/mol. The first-order valence-corrected chi connectivity index (χ1v) is 10.5. The van der Waals surface area contributed by atoms with Gasteiger partial charge in [-0.2, -0.15) is 0 Å². The van der Waals surface area contributed by atoms with Gasteiger partial charge in [-0.05, 0) is 57.5 Å². The predicted octanol–water partition coefficient (Wildman–Crippen LogP) is 3.07. The third-order valence-electron chi connectivity index (χ3n) is 5.94. The zero-order chi connectivity index (χ0) is 20.1. The number of nitrogens with zero attached hydrogens (tertiary/aromatic N) is 3. The lowest BCUT2D eigenvalue weighted by molar-refractivity contribution is -0.143. The highest BCUT2D eigenvalue weighted by molar-refractivity contribution is 5.85. The Morgan fingerprint density at radius 2 is 1.57 bits per heavy atom. The number of hydrogen-bond donors (Lipinski definition) is 0. The molecule has 0 aromatic heterocycles. The first-order valence-electron chi connectivity index (χ1n) is 10.5. The van der Waals surface area contributed by atoms with Crippen molar-refractivity contribution in [3.8, 4) is 0 Å². The highest BCUT2D eigenvalue weighted by Gasteiger charge is 2.35. The fraction of sp³-hybridized carbons (Fsp3) is 0.636. The first-order chi connectivity index (χ1) is 13.5. The van der Waals surface area contributed by atoms with Crippen molar-refractivity contribution in [3.05, 3.63) is 35.6 Å². The Balaban J connectivity index is 1.70. The third-order valence-corrected chi connectivity index (χ3v) is 5.94. The van der Waals surface area contributed by atoms with Gasteiger partial charge in [0.05, 0.1) is 5.92 Å². The van der Waals surface area contributed by atoms with E-state index in [2.05, 4.69) is 0 Å². The maximum Gasteiger partial charge on any atom is 0.244 e. The molecule has 1 aromatic carbocycles. The van der Waals surface area contributed by atoms with Gasteiger partial charge in [0.25, 0.3) is 0 Å². The molecule has 2 heterocycles. The largest absolute Gasteiger partial charge is 0.342 e. The van der Waals surface area contributed by atoms with Crippen molar-refractivity contribution in [2.75, 3.05) is 40.3 Å². The van der Waals surface area contributed by atoms with Crippen LogP contribution in [0.2, 0.25) is 0 Å². The molecular weight excluding hydrogens is 357 g/mol. The average Bonchev–Trinajstić information content (AvgIpc) is 2.98. The molecule has 0 spiro atoms. The van der Waals surface area contributed by atoms with Gasteiger partial charge in [-0.1, -0.05) is 25.0 Å². The van der Waals surface area contributed by atoms with Crippen LogP contribution in [0.4, 0.5) is 4.39 Å². The number of likely N-dealkylation sites (N-methyl/N-ethyl adjacent to an activating group) is 1. The summed E-state index contributed by atoms with van der Waals surface area (Å²) in [5, 5.41) is 0. The molecule has 28 heavy (non-hydrogen) atoms. The lowest BCUT2D eigenvalue weighted by Gasteiger charge is -2.37. The molecule has 0 N–H and O–H groups in total. The normalized spacial score (nSPS) is 22.1. The Morgan fingerprint density at radius 1 is 0.964 bits per heavy atom. The van der Waals surface area contributed by atoms with Crippen LogP contribution in [0, 0.1) is 11.7 Å². The van der Waals surface area contributed by atoms with E-state index in [1.54, 1.807) is 12.1 Å². The molecule has 2 atom stereocenters. The van der Waals surface area contributed by atoms with E-state index >= 15 is 0 Å². The summed E-state index contributed by atoms with van der Waals surface area (Å²) in [4.78, 5) is 32.0. The topological polar surface area (TPSA) is 43.9 Å². The molecule has 0 aliphatic carbocycles. The number of carbonyl (C=O) groups is 2. The fourth-order valence-electron chi connectivity index (χ4n) is 4.41. The Labute approximate surface area is 167 Å². The number of piperidine rings is 1. The van der Waals surface area contributed by atoms with E-state index in [0.29, 0.717) is 13.1 Å². The molecule has 2 unspecified atom stereocenters. The van der Waals surface area contributed by atoms with Gasteiger partial charge in [0.1, 0.15) is 11.9 Å². The molecular formula is C22H32FN3O2. The maximum absolute atomic E-state index is 13.3. The summed E-state index contributed by atoms with van der Waals surface area (Å²) in [6.45, 7) is 2.85. The molecule has 2 aliphatic heterocycles. The first kappa shape index (κ1) is 20.8. The molecule has 5 nitrogen and oxygen atoms in total. The van der Waals surface area contributed by atoms with Crippen molar-refractivity contribution < 1.29 is 14.0 Å². The molecule has 6 heteroatoms. The summed E-state index contributed by atoms with van der Waals surface area (Å²) < 4.78 is 13.3. The van der Waals surface area contributed by atoms with E-state index in [9.17, 15) is 14.0 Å². The van der Waals surface area contributed by atoms with Gasteiger partial charge in [-0.15, -0.1) is 0 Å². The second-order valence-electron chi connectivity index (χ2n) is 8.28. The van der Waals surface area contributed by atoms with Crippen molar-refractivity contribution in [1.29, 1.82) is 0 Å². The van der Waals surface area contributed by atoms with Gasteiger partial charge >= 0.3 is 0 Å². The summed E-state index contributed by atoms with van der Waals surface area (Å²) in [6, 6.07) is 5.65. The van der Waals surface area contributed by atoms with E-state index in [1.165, 1.54) is 25.0 Å². The molecule has 0 radical (unpaired) electrons. The van der Waals surface area contributed by atoms with Crippen LogP contribution in [-0.4, -0.2) is 66.8 Å². The molecule has 3 rings (SSSR count). The van der Waals surface area contributed by atoms with E-state index in [-0.39, 0.29) is 23.5 Å². The third kappa shape index (κ3) is 4.90. The Hall–Kier alpha value is -1.95. The Morgan fingerprint density at radius 3 is 2.18 bits per heavy atom. The van der Waals surface area contributed by atoms with Crippen molar-refractivity contribution >= 4 is 11.8 Å². The van der Waals surface area contributed by atoms with Gasteiger partial charge in [-0.3, -0.25) is 14.5 Å². The number of amides is 2. The van der Waals surface area contributed by atoms with Gasteiger partial charge in [0.15, 0.2) is 0 Å². The van der Waals surface area contributed by atoms with E-state index in [4.69, 9.17) is 0 Å². The SMILES string of the molecule is CN(C)C(C(=O)N1CCCC(C(=O)N2CCCCCC2)C1)c1ccc(F)cc1. The summed E-state index contributed by atoms with van der Waals surface area (Å²) in [6.07, 6.45) is 6.24. The fourth-order valence-corrected chi connectivity index (χ4v) is 4.41. The minimum atomic E-state index is -0.465. The van der Waals surface area contributed by atoms with E-state index < -0.39 is 6.04 Å². The number of rotatable bonds is 4. The molecule has 0 saturated carbocycles. The molecule has 2 saturated heterocycles. The second kappa shape index (κ2) is 9.50. The van der Waals surface area contributed by atoms with Crippen LogP contribution in [0.25, 0.3) is 0 Å². The number of halogens is 1. The Kier molecular flexibility index (Phi) is 7.05. The summed E-state index contributed by atoms with van der Waals surface area (Å²) in [5.74, 6) is -0.214. The number of carbonyl (C=O) groups excluding carboxylic acids is 2. The highest BCUT2D eigenvalue weighted by atomic mass is 19.1. The van der Waals surface area contributed by atoms with Gasteiger partial charge in [0.2, 0.25) is 11.8 Å². The minimum absolute atomic E-state index is 0.00928. The van der Waals surface area contributed by atoms with Crippen LogP contribution >= 0.6 is 0 Å². The van der Waals surface area contributed by atoms with Crippen LogP contribution in [-0.2, 0) is 9.59 Å². The van der Waals surface area contributed by atoms with Crippen LogP contribution in [0.15, 0.2) is 24.3 Å². The standard InChI is InChI=1S/C22H32FN3O2/c1-24(2)20(17-9-11-19(23)12-10-17)22(28)26-15-7-8-18(16-26)21(27)25-13-5-3-4-6-14-25/h9-12,18,20H,3-8,13-16H2,1-2H3. The minimum Gasteiger partial charge on any atom is -0.342 e. The number of benzene rings is 1. The van der Waals surface area contributed by atoms with Gasteiger partial charge in [0, 0.05) is 26.2 Å². The molecule has 2 aliphatic rings.